The summed E-state index contributed by atoms with van der Waals surface area (Å²) in [5.74, 6) is 2.58. The maximum absolute atomic E-state index is 13.1. The summed E-state index contributed by atoms with van der Waals surface area (Å²) >= 11 is 0. The lowest BCUT2D eigenvalue weighted by atomic mass is 9.80. The SMILES string of the molecule is O=C(c1ccc2nncn2c1)N1CCCC(C2CCCN(CCC3CC3)C2)C1. The Morgan fingerprint density at radius 3 is 2.71 bits per heavy atom. The van der Waals surface area contributed by atoms with E-state index in [1.54, 1.807) is 6.33 Å². The predicted octanol–water partition coefficient (Wildman–Crippen LogP) is 3.09. The largest absolute Gasteiger partial charge is 0.338 e. The van der Waals surface area contributed by atoms with Gasteiger partial charge in [-0.2, -0.15) is 0 Å². The van der Waals surface area contributed by atoms with Crippen molar-refractivity contribution in [3.63, 3.8) is 0 Å². The van der Waals surface area contributed by atoms with E-state index in [4.69, 9.17) is 0 Å². The monoisotopic (exact) mass is 381 g/mol. The van der Waals surface area contributed by atoms with Crippen LogP contribution in [0.25, 0.3) is 5.65 Å². The van der Waals surface area contributed by atoms with E-state index < -0.39 is 0 Å². The molecule has 0 N–H and O–H groups in total. The Morgan fingerprint density at radius 2 is 1.86 bits per heavy atom. The first kappa shape index (κ1) is 18.1. The van der Waals surface area contributed by atoms with Gasteiger partial charge in [-0.15, -0.1) is 10.2 Å². The van der Waals surface area contributed by atoms with Crippen LogP contribution in [0.2, 0.25) is 0 Å². The smallest absolute Gasteiger partial charge is 0.255 e. The molecule has 5 rings (SSSR count). The summed E-state index contributed by atoms with van der Waals surface area (Å²) in [7, 11) is 0. The molecule has 3 aliphatic rings. The number of fused-ring (bicyclic) bond motifs is 1. The van der Waals surface area contributed by atoms with Crippen LogP contribution in [0.4, 0.5) is 0 Å². The topological polar surface area (TPSA) is 53.7 Å². The molecule has 1 amide bonds. The highest BCUT2D eigenvalue weighted by atomic mass is 16.2. The number of aromatic nitrogens is 3. The van der Waals surface area contributed by atoms with E-state index in [1.807, 2.05) is 22.7 Å². The molecule has 2 aliphatic heterocycles. The molecular formula is C22H31N5O. The normalized spacial score (nSPS) is 26.6. The van der Waals surface area contributed by atoms with Gasteiger partial charge in [-0.25, -0.2) is 0 Å². The van der Waals surface area contributed by atoms with Crippen molar-refractivity contribution in [2.75, 3.05) is 32.7 Å². The molecule has 4 heterocycles. The fourth-order valence-electron chi connectivity index (χ4n) is 5.17. The molecular weight excluding hydrogens is 350 g/mol. The Hall–Kier alpha value is -1.95. The number of pyridine rings is 1. The quantitative estimate of drug-likeness (QED) is 0.799. The van der Waals surface area contributed by atoms with Crippen molar-refractivity contribution < 1.29 is 4.79 Å². The van der Waals surface area contributed by atoms with Crippen LogP contribution in [0.1, 0.15) is 55.3 Å². The molecule has 0 aromatic carbocycles. The highest BCUT2D eigenvalue weighted by molar-refractivity contribution is 5.94. The highest BCUT2D eigenvalue weighted by Gasteiger charge is 2.33. The summed E-state index contributed by atoms with van der Waals surface area (Å²) < 4.78 is 1.83. The first-order valence-electron chi connectivity index (χ1n) is 11.1. The van der Waals surface area contributed by atoms with E-state index in [0.717, 1.165) is 42.6 Å². The minimum Gasteiger partial charge on any atom is -0.338 e. The van der Waals surface area contributed by atoms with Crippen LogP contribution >= 0.6 is 0 Å². The van der Waals surface area contributed by atoms with E-state index in [0.29, 0.717) is 5.92 Å². The number of rotatable bonds is 5. The summed E-state index contributed by atoms with van der Waals surface area (Å²) in [6.07, 6.45) is 12.9. The molecule has 2 unspecified atom stereocenters. The molecule has 2 saturated heterocycles. The van der Waals surface area contributed by atoms with E-state index in [-0.39, 0.29) is 5.91 Å². The molecule has 3 fully saturated rings. The zero-order chi connectivity index (χ0) is 18.9. The van der Waals surface area contributed by atoms with Crippen molar-refractivity contribution in [2.45, 2.75) is 44.9 Å². The van der Waals surface area contributed by atoms with Crippen LogP contribution in [0.5, 0.6) is 0 Å². The Labute approximate surface area is 166 Å². The molecule has 1 aliphatic carbocycles. The number of carbonyl (C=O) groups is 1. The van der Waals surface area contributed by atoms with Crippen LogP contribution in [0.15, 0.2) is 24.7 Å². The van der Waals surface area contributed by atoms with Gasteiger partial charge in [0, 0.05) is 25.8 Å². The standard InChI is InChI=1S/C22H31N5O/c28-22(20-7-8-21-24-23-16-27(21)15-20)26-11-2-4-19(14-26)18-3-1-10-25(13-18)12-9-17-5-6-17/h7-8,15-19H,1-6,9-14H2. The fourth-order valence-corrected chi connectivity index (χ4v) is 5.17. The lowest BCUT2D eigenvalue weighted by Crippen LogP contribution is -2.46. The molecule has 6 nitrogen and oxygen atoms in total. The van der Waals surface area contributed by atoms with E-state index in [2.05, 4.69) is 20.0 Å². The Bertz CT molecular complexity index is 829. The number of amides is 1. The molecule has 2 aromatic rings. The van der Waals surface area contributed by atoms with Gasteiger partial charge < -0.3 is 9.80 Å². The Kier molecular flexibility index (Phi) is 5.05. The minimum atomic E-state index is 0.154. The van der Waals surface area contributed by atoms with Crippen molar-refractivity contribution in [2.24, 2.45) is 17.8 Å². The zero-order valence-corrected chi connectivity index (χ0v) is 16.7. The third-order valence-corrected chi connectivity index (χ3v) is 7.04. The van der Waals surface area contributed by atoms with Gasteiger partial charge in [0.05, 0.1) is 5.56 Å². The van der Waals surface area contributed by atoms with Crippen molar-refractivity contribution in [1.29, 1.82) is 0 Å². The molecule has 2 aromatic heterocycles. The van der Waals surface area contributed by atoms with Crippen molar-refractivity contribution in [3.8, 4) is 0 Å². The molecule has 0 spiro atoms. The van der Waals surface area contributed by atoms with Crippen molar-refractivity contribution >= 4 is 11.6 Å². The number of hydrogen-bond acceptors (Lipinski definition) is 4. The maximum Gasteiger partial charge on any atom is 0.255 e. The second-order valence-corrected chi connectivity index (χ2v) is 9.10. The van der Waals surface area contributed by atoms with E-state index in [1.165, 1.54) is 58.2 Å². The Morgan fingerprint density at radius 1 is 1.04 bits per heavy atom. The van der Waals surface area contributed by atoms with Gasteiger partial charge in [0.2, 0.25) is 0 Å². The van der Waals surface area contributed by atoms with E-state index in [9.17, 15) is 4.79 Å². The van der Waals surface area contributed by atoms with Crippen LogP contribution < -0.4 is 0 Å². The minimum absolute atomic E-state index is 0.154. The summed E-state index contributed by atoms with van der Waals surface area (Å²) in [5, 5.41) is 7.93. The molecule has 0 radical (unpaired) electrons. The molecule has 6 heteroatoms. The lowest BCUT2D eigenvalue weighted by Gasteiger charge is -2.41. The van der Waals surface area contributed by atoms with E-state index >= 15 is 0 Å². The summed E-state index contributed by atoms with van der Waals surface area (Å²) in [5.41, 5.74) is 1.52. The molecule has 2 atom stereocenters. The number of piperidine rings is 2. The number of hydrogen-bond donors (Lipinski definition) is 0. The van der Waals surface area contributed by atoms with Crippen molar-refractivity contribution in [3.05, 3.63) is 30.2 Å². The predicted molar refractivity (Wildman–Crippen MR) is 108 cm³/mol. The molecule has 1 saturated carbocycles. The average Bonchev–Trinajstić information content (AvgIpc) is 3.46. The van der Waals surface area contributed by atoms with Gasteiger partial charge in [0.15, 0.2) is 5.65 Å². The summed E-state index contributed by atoms with van der Waals surface area (Å²) in [6.45, 7) is 5.60. The number of carbonyl (C=O) groups excluding carboxylic acids is 1. The number of likely N-dealkylation sites (tertiary alicyclic amines) is 2. The van der Waals surface area contributed by atoms with Gasteiger partial charge >= 0.3 is 0 Å². The Balaban J connectivity index is 1.21. The van der Waals surface area contributed by atoms with Crippen molar-refractivity contribution in [1.82, 2.24) is 24.4 Å². The van der Waals surface area contributed by atoms with Gasteiger partial charge in [-0.3, -0.25) is 9.20 Å². The van der Waals surface area contributed by atoms with Crippen LogP contribution in [0, 0.1) is 17.8 Å². The van der Waals surface area contributed by atoms with Gasteiger partial charge in [0.1, 0.15) is 6.33 Å². The fraction of sp³-hybridized carbons (Fsp3) is 0.682. The molecule has 28 heavy (non-hydrogen) atoms. The van der Waals surface area contributed by atoms with Gasteiger partial charge in [0.25, 0.3) is 5.91 Å². The van der Waals surface area contributed by atoms with Gasteiger partial charge in [-0.05, 0) is 75.1 Å². The molecule has 0 bridgehead atoms. The zero-order valence-electron chi connectivity index (χ0n) is 16.7. The first-order chi connectivity index (χ1) is 13.8. The number of nitrogens with zero attached hydrogens (tertiary/aromatic N) is 5. The molecule has 150 valence electrons. The first-order valence-corrected chi connectivity index (χ1v) is 11.1. The second kappa shape index (κ2) is 7.82. The van der Waals surface area contributed by atoms with Crippen LogP contribution in [-0.2, 0) is 0 Å². The maximum atomic E-state index is 13.1. The third-order valence-electron chi connectivity index (χ3n) is 7.04. The lowest BCUT2D eigenvalue weighted by molar-refractivity contribution is 0.0528. The van der Waals surface area contributed by atoms with Crippen LogP contribution in [-0.4, -0.2) is 63.0 Å². The third kappa shape index (κ3) is 3.93. The second-order valence-electron chi connectivity index (χ2n) is 9.10. The summed E-state index contributed by atoms with van der Waals surface area (Å²) in [4.78, 5) is 17.9. The average molecular weight is 382 g/mol. The highest BCUT2D eigenvalue weighted by Crippen LogP contribution is 2.34. The summed E-state index contributed by atoms with van der Waals surface area (Å²) in [6, 6.07) is 3.76. The van der Waals surface area contributed by atoms with Crippen LogP contribution in [0.3, 0.4) is 0 Å². The van der Waals surface area contributed by atoms with Gasteiger partial charge in [-0.1, -0.05) is 12.8 Å².